The maximum absolute atomic E-state index is 2.57. The number of nitrogens with zero attached hydrogens (tertiary/aromatic N) is 2. The summed E-state index contributed by atoms with van der Waals surface area (Å²) in [5.74, 6) is 0. The van der Waals surface area contributed by atoms with Gasteiger partial charge >= 0.3 is 0 Å². The van der Waals surface area contributed by atoms with Crippen LogP contribution < -0.4 is 9.80 Å². The average Bonchev–Trinajstić information content (AvgIpc) is 3.37. The lowest BCUT2D eigenvalue weighted by Crippen LogP contribution is -2.31. The summed E-state index contributed by atoms with van der Waals surface area (Å²) >= 11 is 0. The third-order valence-electron chi connectivity index (χ3n) is 19.4. The van der Waals surface area contributed by atoms with E-state index in [2.05, 4.69) is 317 Å². The number of rotatable bonds is 5. The molecular formula is C81H58N2. The molecule has 4 aliphatic rings. The van der Waals surface area contributed by atoms with E-state index in [0.29, 0.717) is 0 Å². The van der Waals surface area contributed by atoms with Crippen LogP contribution in [0.5, 0.6) is 0 Å². The first-order valence-corrected chi connectivity index (χ1v) is 29.3. The first-order valence-electron chi connectivity index (χ1n) is 29.3. The summed E-state index contributed by atoms with van der Waals surface area (Å²) in [6.45, 7) is 9.72. The Hall–Kier alpha value is -10.0. The summed E-state index contributed by atoms with van der Waals surface area (Å²) in [4.78, 5) is 4.98. The van der Waals surface area contributed by atoms with Crippen LogP contribution in [0.3, 0.4) is 0 Å². The molecule has 2 heterocycles. The molecule has 0 atom stereocenters. The zero-order valence-electron chi connectivity index (χ0n) is 47.0. The van der Waals surface area contributed by atoms with Gasteiger partial charge in [-0.15, -0.1) is 0 Å². The third kappa shape index (κ3) is 6.38. The molecule has 0 aromatic heterocycles. The maximum Gasteiger partial charge on any atom is 0.0731 e. The quantitative estimate of drug-likeness (QED) is 0.159. The van der Waals surface area contributed by atoms with Crippen molar-refractivity contribution in [2.24, 2.45) is 0 Å². The molecule has 0 fully saturated rings. The second-order valence-electron chi connectivity index (χ2n) is 24.2. The molecule has 83 heavy (non-hydrogen) atoms. The highest BCUT2D eigenvalue weighted by Gasteiger charge is 2.53. The van der Waals surface area contributed by atoms with Crippen LogP contribution in [-0.2, 0) is 16.2 Å². The number of para-hydroxylation sites is 4. The minimum absolute atomic E-state index is 0.349. The van der Waals surface area contributed by atoms with Crippen molar-refractivity contribution in [1.29, 1.82) is 0 Å². The van der Waals surface area contributed by atoms with Crippen molar-refractivity contribution in [1.82, 2.24) is 0 Å². The van der Waals surface area contributed by atoms with Crippen molar-refractivity contribution in [2.75, 3.05) is 9.80 Å². The van der Waals surface area contributed by atoms with Gasteiger partial charge in [0.25, 0.3) is 0 Å². The predicted octanol–water partition coefficient (Wildman–Crippen LogP) is 21.6. The topological polar surface area (TPSA) is 6.48 Å². The maximum atomic E-state index is 2.57. The van der Waals surface area contributed by atoms with Gasteiger partial charge in [0.05, 0.1) is 28.2 Å². The summed E-state index contributed by atoms with van der Waals surface area (Å²) in [5, 5.41) is 4.92. The molecule has 17 rings (SSSR count). The van der Waals surface area contributed by atoms with E-state index in [9.17, 15) is 0 Å². The summed E-state index contributed by atoms with van der Waals surface area (Å²) in [5.41, 5.74) is 29.1. The highest BCUT2D eigenvalue weighted by molar-refractivity contribution is 6.21. The molecule has 2 aliphatic carbocycles. The Morgan fingerprint density at radius 1 is 0.229 bits per heavy atom. The molecular weight excluding hydrogens is 1000 g/mol. The Bertz CT molecular complexity index is 4600. The Morgan fingerprint density at radius 3 is 1.00 bits per heavy atom. The molecule has 392 valence electrons. The molecule has 0 unspecified atom stereocenters. The first-order chi connectivity index (χ1) is 40.8. The first kappa shape index (κ1) is 47.8. The van der Waals surface area contributed by atoms with Gasteiger partial charge in [-0.3, -0.25) is 0 Å². The van der Waals surface area contributed by atoms with Crippen molar-refractivity contribution in [3.8, 4) is 55.6 Å². The average molecular weight is 1060 g/mol. The zero-order valence-corrected chi connectivity index (χ0v) is 47.0. The van der Waals surface area contributed by atoms with E-state index in [0.717, 1.165) is 11.4 Å². The van der Waals surface area contributed by atoms with Crippen LogP contribution in [0.4, 0.5) is 34.1 Å². The van der Waals surface area contributed by atoms with Gasteiger partial charge in [-0.05, 0) is 176 Å². The Balaban J connectivity index is 1.01. The van der Waals surface area contributed by atoms with E-state index in [1.807, 2.05) is 0 Å². The van der Waals surface area contributed by atoms with Crippen LogP contribution in [-0.4, -0.2) is 0 Å². The van der Waals surface area contributed by atoms with Crippen molar-refractivity contribution in [2.45, 2.75) is 43.9 Å². The lowest BCUT2D eigenvalue weighted by molar-refractivity contribution is 0.633. The second kappa shape index (κ2) is 17.5. The fourth-order valence-corrected chi connectivity index (χ4v) is 16.1. The molecule has 0 saturated heterocycles. The summed E-state index contributed by atoms with van der Waals surface area (Å²) in [6, 6.07) is 106. The highest BCUT2D eigenvalue weighted by atomic mass is 15.2. The molecule has 2 heteroatoms. The van der Waals surface area contributed by atoms with Gasteiger partial charge in [0, 0.05) is 22.2 Å². The van der Waals surface area contributed by atoms with Crippen LogP contribution in [0.2, 0.25) is 0 Å². The molecule has 1 spiro atoms. The van der Waals surface area contributed by atoms with Gasteiger partial charge in [0.1, 0.15) is 0 Å². The molecule has 0 saturated carbocycles. The normalized spacial score (nSPS) is 15.0. The van der Waals surface area contributed by atoms with Gasteiger partial charge in [0.2, 0.25) is 0 Å². The molecule has 0 N–H and O–H groups in total. The standard InChI is InChI=1S/C81H58N2/c1-79(2)69-44-17-19-46-71(69)82(51-26-7-5-8-27-51)73-48-24-38-60(77(73)79)53-33-21-35-58-64(53)50-65-54(61-39-25-49-74-78(61)80(3,4)70-45-18-20-47-72(70)83(74)52-28-9-6-10-29-52)34-22-36-59(65)75(58)63-40-23-37-62-57-32-13-16-43-68(57)81(76(62)63)66-41-14-11-30-55(66)56-31-12-15-42-67(56)81/h5-50H,1-4H3. The van der Waals surface area contributed by atoms with Crippen molar-refractivity contribution in [3.63, 3.8) is 0 Å². The van der Waals surface area contributed by atoms with Crippen molar-refractivity contribution >= 4 is 55.7 Å². The zero-order chi connectivity index (χ0) is 55.3. The smallest absolute Gasteiger partial charge is 0.0731 e. The van der Waals surface area contributed by atoms with E-state index < -0.39 is 5.41 Å². The molecule has 0 radical (unpaired) electrons. The van der Waals surface area contributed by atoms with Gasteiger partial charge < -0.3 is 9.80 Å². The third-order valence-corrected chi connectivity index (χ3v) is 19.4. The molecule has 13 aromatic carbocycles. The van der Waals surface area contributed by atoms with Crippen LogP contribution in [0, 0.1) is 0 Å². The number of hydrogen-bond donors (Lipinski definition) is 0. The van der Waals surface area contributed by atoms with E-state index in [1.54, 1.807) is 0 Å². The molecule has 0 bridgehead atoms. The Morgan fingerprint density at radius 2 is 0.542 bits per heavy atom. The summed E-state index contributed by atoms with van der Waals surface area (Å²) in [6.07, 6.45) is 0. The highest BCUT2D eigenvalue weighted by Crippen LogP contribution is 2.66. The van der Waals surface area contributed by atoms with E-state index in [-0.39, 0.29) is 10.8 Å². The van der Waals surface area contributed by atoms with E-state index >= 15 is 0 Å². The lowest BCUT2D eigenvalue weighted by Gasteiger charge is -2.43. The number of fused-ring (bicyclic) bond motifs is 16. The molecule has 2 aliphatic heterocycles. The molecule has 13 aromatic rings. The van der Waals surface area contributed by atoms with Crippen LogP contribution in [0.25, 0.3) is 77.2 Å². The minimum atomic E-state index is -0.562. The minimum Gasteiger partial charge on any atom is -0.310 e. The fraction of sp³-hybridized carbons (Fsp3) is 0.0864. The SMILES string of the molecule is CC1(C)c2ccccc2N(c2ccccc2)c2cccc(-c3cccc4c(-c5cccc6c5C5(c7ccccc7-c7ccccc75)c5ccccc5-6)c5cccc(-c6cccc7c6C(C)(C)c6ccccc6N7c6ccccc6)c5cc34)c21. The number of anilines is 6. The van der Waals surface area contributed by atoms with Gasteiger partial charge in [-0.25, -0.2) is 0 Å². The van der Waals surface area contributed by atoms with E-state index in [1.165, 1.54) is 144 Å². The summed E-state index contributed by atoms with van der Waals surface area (Å²) in [7, 11) is 0. The fourth-order valence-electron chi connectivity index (χ4n) is 16.1. The molecule has 0 amide bonds. The van der Waals surface area contributed by atoms with Gasteiger partial charge in [-0.1, -0.05) is 252 Å². The lowest BCUT2D eigenvalue weighted by atomic mass is 9.68. The predicted molar refractivity (Wildman–Crippen MR) is 348 cm³/mol. The van der Waals surface area contributed by atoms with Crippen molar-refractivity contribution in [3.05, 3.63) is 324 Å². The largest absolute Gasteiger partial charge is 0.310 e. The number of benzene rings is 13. The van der Waals surface area contributed by atoms with E-state index in [4.69, 9.17) is 0 Å². The second-order valence-corrected chi connectivity index (χ2v) is 24.2. The van der Waals surface area contributed by atoms with Crippen molar-refractivity contribution < 1.29 is 0 Å². The molecule has 2 nitrogen and oxygen atoms in total. The number of hydrogen-bond acceptors (Lipinski definition) is 2. The monoisotopic (exact) mass is 1060 g/mol. The van der Waals surface area contributed by atoms with Gasteiger partial charge in [-0.2, -0.15) is 0 Å². The summed E-state index contributed by atoms with van der Waals surface area (Å²) < 4.78 is 0. The van der Waals surface area contributed by atoms with Crippen LogP contribution in [0.15, 0.2) is 279 Å². The van der Waals surface area contributed by atoms with Crippen LogP contribution in [0.1, 0.15) is 72.2 Å². The van der Waals surface area contributed by atoms with Gasteiger partial charge in [0.15, 0.2) is 0 Å². The Labute approximate surface area is 485 Å². The Kier molecular flexibility index (Phi) is 10.1. The van der Waals surface area contributed by atoms with Crippen LogP contribution >= 0.6 is 0 Å².